The van der Waals surface area contributed by atoms with E-state index >= 15 is 0 Å². The van der Waals surface area contributed by atoms with Gasteiger partial charge in [-0.1, -0.05) is 18.2 Å². The van der Waals surface area contributed by atoms with Crippen molar-refractivity contribution in [3.8, 4) is 10.4 Å². The molecule has 2 heterocycles. The summed E-state index contributed by atoms with van der Waals surface area (Å²) >= 11 is 1.62. The van der Waals surface area contributed by atoms with Crippen LogP contribution >= 0.6 is 11.3 Å². The average Bonchev–Trinajstić information content (AvgIpc) is 3.32. The molecule has 26 heavy (non-hydrogen) atoms. The lowest BCUT2D eigenvalue weighted by atomic mass is 10.0. The Morgan fingerprint density at radius 3 is 2.85 bits per heavy atom. The van der Waals surface area contributed by atoms with Crippen molar-refractivity contribution in [1.82, 2.24) is 9.97 Å². The van der Waals surface area contributed by atoms with Crippen LogP contribution in [-0.2, 0) is 0 Å². The fourth-order valence-electron chi connectivity index (χ4n) is 2.77. The molecule has 4 aromatic rings. The number of carbonyl (C=O) groups is 1. The molecule has 0 bridgehead atoms. The first-order valence-corrected chi connectivity index (χ1v) is 8.71. The SMILES string of the molecule is N=Cc1cc(NC(=O)c2ncc[nH]2)cc(-c2cc3ccccc3s2)c1N. The number of nitrogens with one attached hydrogen (secondary N) is 3. The zero-order chi connectivity index (χ0) is 18.1. The molecule has 0 aliphatic rings. The number of nitrogens with zero attached hydrogens (tertiary/aromatic N) is 1. The van der Waals surface area contributed by atoms with Crippen LogP contribution in [0, 0.1) is 5.41 Å². The molecule has 2 aromatic carbocycles. The number of hydrogen-bond donors (Lipinski definition) is 4. The van der Waals surface area contributed by atoms with Gasteiger partial charge in [-0.25, -0.2) is 4.98 Å². The Hall–Kier alpha value is -3.45. The largest absolute Gasteiger partial charge is 0.398 e. The molecule has 0 saturated heterocycles. The van der Waals surface area contributed by atoms with Crippen LogP contribution in [0.25, 0.3) is 20.5 Å². The molecule has 0 aliphatic heterocycles. The summed E-state index contributed by atoms with van der Waals surface area (Å²) in [4.78, 5) is 20.0. The molecule has 0 unspecified atom stereocenters. The summed E-state index contributed by atoms with van der Waals surface area (Å²) < 4.78 is 1.16. The average molecular weight is 361 g/mol. The van der Waals surface area contributed by atoms with Crippen LogP contribution in [0.4, 0.5) is 11.4 Å². The van der Waals surface area contributed by atoms with Crippen molar-refractivity contribution in [1.29, 1.82) is 5.41 Å². The molecule has 0 atom stereocenters. The van der Waals surface area contributed by atoms with Gasteiger partial charge in [-0.3, -0.25) is 4.79 Å². The van der Waals surface area contributed by atoms with Crippen LogP contribution in [0.15, 0.2) is 54.9 Å². The van der Waals surface area contributed by atoms with Gasteiger partial charge >= 0.3 is 0 Å². The third-order valence-corrected chi connectivity index (χ3v) is 5.18. The summed E-state index contributed by atoms with van der Waals surface area (Å²) in [6.07, 6.45) is 4.29. The number of thiophene rings is 1. The predicted octanol–water partition coefficient (Wildman–Crippen LogP) is 4.12. The molecule has 0 fully saturated rings. The number of H-pyrrole nitrogens is 1. The third-order valence-electron chi connectivity index (χ3n) is 4.03. The van der Waals surface area contributed by atoms with E-state index in [-0.39, 0.29) is 11.7 Å². The Balaban J connectivity index is 1.78. The normalized spacial score (nSPS) is 10.8. The Labute approximate surface area is 153 Å². The van der Waals surface area contributed by atoms with Crippen molar-refractivity contribution in [2.24, 2.45) is 0 Å². The number of rotatable bonds is 4. The number of anilines is 2. The number of aromatic nitrogens is 2. The van der Waals surface area contributed by atoms with Crippen molar-refractivity contribution in [2.45, 2.75) is 0 Å². The van der Waals surface area contributed by atoms with Gasteiger partial charge in [0.1, 0.15) is 0 Å². The van der Waals surface area contributed by atoms with Crippen molar-refractivity contribution < 1.29 is 4.79 Å². The van der Waals surface area contributed by atoms with Crippen molar-refractivity contribution >= 4 is 44.9 Å². The zero-order valence-electron chi connectivity index (χ0n) is 13.6. The number of hydrogen-bond acceptors (Lipinski definition) is 5. The number of nitrogens with two attached hydrogens (primary N) is 1. The quantitative estimate of drug-likeness (QED) is 0.324. The Morgan fingerprint density at radius 2 is 2.12 bits per heavy atom. The van der Waals surface area contributed by atoms with Gasteiger partial charge in [0.2, 0.25) is 0 Å². The number of fused-ring (bicyclic) bond motifs is 1. The van der Waals surface area contributed by atoms with Crippen LogP contribution in [0.2, 0.25) is 0 Å². The molecule has 0 spiro atoms. The fourth-order valence-corrected chi connectivity index (χ4v) is 3.86. The summed E-state index contributed by atoms with van der Waals surface area (Å²) in [5, 5.41) is 11.6. The van der Waals surface area contributed by atoms with Crippen LogP contribution < -0.4 is 11.1 Å². The minimum Gasteiger partial charge on any atom is -0.398 e. The van der Waals surface area contributed by atoms with E-state index in [1.54, 1.807) is 23.6 Å². The maximum absolute atomic E-state index is 12.3. The van der Waals surface area contributed by atoms with Gasteiger partial charge < -0.3 is 21.4 Å². The molecule has 0 saturated carbocycles. The van der Waals surface area contributed by atoms with Crippen LogP contribution in [0.5, 0.6) is 0 Å². The number of amides is 1. The van der Waals surface area contributed by atoms with Gasteiger partial charge in [-0.15, -0.1) is 11.3 Å². The van der Waals surface area contributed by atoms with Gasteiger partial charge in [0.25, 0.3) is 5.91 Å². The van der Waals surface area contributed by atoms with Crippen molar-refractivity contribution in [3.63, 3.8) is 0 Å². The lowest BCUT2D eigenvalue weighted by molar-refractivity contribution is 0.101. The number of nitrogen functional groups attached to an aromatic ring is 1. The summed E-state index contributed by atoms with van der Waals surface area (Å²) in [5.74, 6) is -0.125. The summed E-state index contributed by atoms with van der Waals surface area (Å²) in [5.41, 5.74) is 8.69. The first-order valence-electron chi connectivity index (χ1n) is 7.89. The number of aromatic amines is 1. The molecule has 4 rings (SSSR count). The second-order valence-corrected chi connectivity index (χ2v) is 6.80. The summed E-state index contributed by atoms with van der Waals surface area (Å²) in [7, 11) is 0. The first-order chi connectivity index (χ1) is 12.7. The van der Waals surface area contributed by atoms with E-state index in [0.717, 1.165) is 20.5 Å². The third kappa shape index (κ3) is 2.84. The molecule has 7 heteroatoms. The monoisotopic (exact) mass is 361 g/mol. The molecular weight excluding hydrogens is 346 g/mol. The lowest BCUT2D eigenvalue weighted by Crippen LogP contribution is -2.14. The highest BCUT2D eigenvalue weighted by Crippen LogP contribution is 2.38. The van der Waals surface area contributed by atoms with Crippen LogP contribution in [0.1, 0.15) is 16.2 Å². The molecule has 1 amide bonds. The van der Waals surface area contributed by atoms with E-state index in [9.17, 15) is 4.79 Å². The second-order valence-electron chi connectivity index (χ2n) is 5.71. The van der Waals surface area contributed by atoms with E-state index in [4.69, 9.17) is 11.1 Å². The summed E-state index contributed by atoms with van der Waals surface area (Å²) in [6, 6.07) is 13.7. The van der Waals surface area contributed by atoms with E-state index in [1.165, 1.54) is 12.4 Å². The van der Waals surface area contributed by atoms with Crippen molar-refractivity contribution in [2.75, 3.05) is 11.1 Å². The highest BCUT2D eigenvalue weighted by Gasteiger charge is 2.14. The maximum Gasteiger partial charge on any atom is 0.291 e. The Morgan fingerprint density at radius 1 is 1.27 bits per heavy atom. The fraction of sp³-hybridized carbons (Fsp3) is 0. The first kappa shape index (κ1) is 16.0. The molecule has 0 radical (unpaired) electrons. The van der Waals surface area contributed by atoms with Crippen LogP contribution in [-0.4, -0.2) is 22.1 Å². The Kier molecular flexibility index (Phi) is 3.98. The van der Waals surface area contributed by atoms with Gasteiger partial charge in [-0.05, 0) is 29.7 Å². The number of benzene rings is 2. The molecule has 0 aliphatic carbocycles. The van der Waals surface area contributed by atoms with Crippen molar-refractivity contribution in [3.05, 3.63) is 66.2 Å². The van der Waals surface area contributed by atoms with E-state index in [2.05, 4.69) is 27.4 Å². The molecule has 2 aromatic heterocycles. The molecule has 5 N–H and O–H groups in total. The molecular formula is C19H15N5OS. The predicted molar refractivity (Wildman–Crippen MR) is 106 cm³/mol. The standard InChI is InChI=1S/C19H15N5OS/c20-10-12-7-13(24-19(25)18-22-5-6-23-18)9-14(17(12)21)16-8-11-3-1-2-4-15(11)26-16/h1-10,20H,21H2,(H,22,23)(H,24,25). The second kappa shape index (κ2) is 6.45. The Bertz CT molecular complexity index is 1080. The maximum atomic E-state index is 12.3. The highest BCUT2D eigenvalue weighted by atomic mass is 32.1. The van der Waals surface area contributed by atoms with Gasteiger partial charge in [0.15, 0.2) is 5.82 Å². The van der Waals surface area contributed by atoms with E-state index < -0.39 is 0 Å². The van der Waals surface area contributed by atoms with Crippen LogP contribution in [0.3, 0.4) is 0 Å². The number of imidazole rings is 1. The van der Waals surface area contributed by atoms with Gasteiger partial charge in [0, 0.05) is 50.7 Å². The number of carbonyl (C=O) groups excluding carboxylic acids is 1. The van der Waals surface area contributed by atoms with Gasteiger partial charge in [-0.2, -0.15) is 0 Å². The topological polar surface area (TPSA) is 108 Å². The van der Waals surface area contributed by atoms with E-state index in [0.29, 0.717) is 16.9 Å². The minimum absolute atomic E-state index is 0.224. The zero-order valence-corrected chi connectivity index (χ0v) is 14.4. The summed E-state index contributed by atoms with van der Waals surface area (Å²) in [6.45, 7) is 0. The smallest absolute Gasteiger partial charge is 0.291 e. The van der Waals surface area contributed by atoms with E-state index in [1.807, 2.05) is 24.3 Å². The van der Waals surface area contributed by atoms with Gasteiger partial charge in [0.05, 0.1) is 0 Å². The minimum atomic E-state index is -0.349. The molecule has 128 valence electrons. The highest BCUT2D eigenvalue weighted by molar-refractivity contribution is 7.22. The molecule has 6 nitrogen and oxygen atoms in total. The lowest BCUT2D eigenvalue weighted by Gasteiger charge is -2.11.